The van der Waals surface area contributed by atoms with Crippen LogP contribution in [0.5, 0.6) is 0 Å². The number of halogens is 4. The molecule has 0 unspecified atom stereocenters. The highest BCUT2D eigenvalue weighted by molar-refractivity contribution is 7.89. The van der Waals surface area contributed by atoms with E-state index in [4.69, 9.17) is 17.3 Å². The molecule has 1 saturated carbocycles. The highest BCUT2D eigenvalue weighted by Crippen LogP contribution is 2.45. The van der Waals surface area contributed by atoms with Gasteiger partial charge in [0.15, 0.2) is 5.60 Å². The van der Waals surface area contributed by atoms with Crippen LogP contribution < -0.4 is 10.5 Å². The standard InChI is InChI=1S/C18H16ClF3N4O3S/c19-13-5-11(30(28,29)26-10-6-17(27,7-10)18(20,21)22)2-3-12(13)14-4-1-9-8-24-16(23)15(9)25-14/h1-5,10,26-27H,6-8H2,(H2,23,24). The van der Waals surface area contributed by atoms with Gasteiger partial charge in [-0.1, -0.05) is 17.7 Å². The van der Waals surface area contributed by atoms with Gasteiger partial charge in [0.05, 0.1) is 22.2 Å². The van der Waals surface area contributed by atoms with E-state index >= 15 is 0 Å². The van der Waals surface area contributed by atoms with Gasteiger partial charge in [-0.15, -0.1) is 0 Å². The average Bonchev–Trinajstić information content (AvgIpc) is 2.99. The van der Waals surface area contributed by atoms with Crippen LogP contribution >= 0.6 is 11.6 Å². The molecular formula is C18H16ClF3N4O3S. The van der Waals surface area contributed by atoms with Crippen LogP contribution in [0.2, 0.25) is 5.02 Å². The number of aliphatic imine (C=N–C) groups is 1. The van der Waals surface area contributed by atoms with Gasteiger partial charge in [-0.25, -0.2) is 18.1 Å². The van der Waals surface area contributed by atoms with Crippen molar-refractivity contribution in [2.75, 3.05) is 0 Å². The number of nitrogens with one attached hydrogen (secondary N) is 1. The largest absolute Gasteiger partial charge is 0.417 e. The van der Waals surface area contributed by atoms with Gasteiger partial charge < -0.3 is 10.8 Å². The summed E-state index contributed by atoms with van der Waals surface area (Å²) in [5.74, 6) is 0.311. The van der Waals surface area contributed by atoms with Crippen molar-refractivity contribution in [3.8, 4) is 11.3 Å². The Morgan fingerprint density at radius 1 is 1.23 bits per heavy atom. The van der Waals surface area contributed by atoms with Crippen LogP contribution in [0, 0.1) is 0 Å². The molecule has 0 radical (unpaired) electrons. The number of nitrogens with zero attached hydrogens (tertiary/aromatic N) is 2. The molecule has 1 aliphatic heterocycles. The van der Waals surface area contributed by atoms with Crippen LogP contribution in [0.1, 0.15) is 24.1 Å². The normalized spacial score (nSPS) is 23.6. The van der Waals surface area contributed by atoms with Crippen molar-refractivity contribution < 1.29 is 26.7 Å². The first kappa shape index (κ1) is 21.0. The lowest BCUT2D eigenvalue weighted by Gasteiger charge is -2.44. The predicted molar refractivity (Wildman–Crippen MR) is 103 cm³/mol. The van der Waals surface area contributed by atoms with Gasteiger partial charge in [-0.05, 0) is 24.3 Å². The van der Waals surface area contributed by atoms with E-state index in [-0.39, 0.29) is 9.92 Å². The first-order chi connectivity index (χ1) is 13.9. The summed E-state index contributed by atoms with van der Waals surface area (Å²) in [5.41, 5.74) is 5.29. The second-order valence-electron chi connectivity index (χ2n) is 7.30. The van der Waals surface area contributed by atoms with Crippen LogP contribution in [-0.2, 0) is 16.6 Å². The average molecular weight is 461 g/mol. The third-order valence-corrected chi connectivity index (χ3v) is 7.02. The molecule has 12 heteroatoms. The number of sulfonamides is 1. The third-order valence-electron chi connectivity index (χ3n) is 5.19. The lowest BCUT2D eigenvalue weighted by atomic mass is 9.76. The summed E-state index contributed by atoms with van der Waals surface area (Å²) in [6.45, 7) is 0.440. The Morgan fingerprint density at radius 2 is 1.93 bits per heavy atom. The number of fused-ring (bicyclic) bond motifs is 1. The number of pyridine rings is 1. The number of amidine groups is 1. The maximum absolute atomic E-state index is 12.7. The molecular weight excluding hydrogens is 445 g/mol. The molecule has 1 fully saturated rings. The van der Waals surface area contributed by atoms with Crippen LogP contribution in [0.3, 0.4) is 0 Å². The summed E-state index contributed by atoms with van der Waals surface area (Å²) >= 11 is 6.26. The first-order valence-electron chi connectivity index (χ1n) is 8.81. The zero-order valence-corrected chi connectivity index (χ0v) is 16.8. The molecule has 7 nitrogen and oxygen atoms in total. The van der Waals surface area contributed by atoms with Gasteiger partial charge in [-0.2, -0.15) is 13.2 Å². The van der Waals surface area contributed by atoms with Gasteiger partial charge >= 0.3 is 6.18 Å². The minimum atomic E-state index is -4.81. The molecule has 0 saturated heterocycles. The summed E-state index contributed by atoms with van der Waals surface area (Å²) in [7, 11) is -4.13. The quantitative estimate of drug-likeness (QED) is 0.647. The van der Waals surface area contributed by atoms with Crippen molar-refractivity contribution >= 4 is 27.5 Å². The Kier molecular flexibility index (Phi) is 4.84. The van der Waals surface area contributed by atoms with E-state index in [1.807, 2.05) is 6.07 Å². The summed E-state index contributed by atoms with van der Waals surface area (Å²) in [5, 5.41) is 9.57. The van der Waals surface area contributed by atoms with Crippen molar-refractivity contribution in [3.63, 3.8) is 0 Å². The topological polar surface area (TPSA) is 118 Å². The Balaban J connectivity index is 1.54. The number of benzene rings is 1. The molecule has 1 aromatic heterocycles. The second-order valence-corrected chi connectivity index (χ2v) is 9.42. The van der Waals surface area contributed by atoms with Gasteiger partial charge in [-0.3, -0.25) is 4.99 Å². The Bertz CT molecular complexity index is 1160. The number of nitrogens with two attached hydrogens (primary N) is 1. The third kappa shape index (κ3) is 3.55. The SMILES string of the molecule is NC1=NCc2ccc(-c3ccc(S(=O)(=O)NC4CC(O)(C(F)(F)F)C4)cc3Cl)nc21. The molecule has 30 heavy (non-hydrogen) atoms. The fourth-order valence-electron chi connectivity index (χ4n) is 3.46. The second kappa shape index (κ2) is 6.91. The van der Waals surface area contributed by atoms with E-state index in [1.54, 1.807) is 6.07 Å². The molecule has 0 bridgehead atoms. The van der Waals surface area contributed by atoms with Crippen LogP contribution in [-0.4, -0.2) is 42.2 Å². The van der Waals surface area contributed by atoms with E-state index in [0.717, 1.165) is 5.56 Å². The van der Waals surface area contributed by atoms with Crippen molar-refractivity contribution in [1.82, 2.24) is 9.71 Å². The number of aromatic nitrogens is 1. The van der Waals surface area contributed by atoms with Crippen molar-refractivity contribution in [1.29, 1.82) is 0 Å². The summed E-state index contributed by atoms with van der Waals surface area (Å²) < 4.78 is 65.3. The van der Waals surface area contributed by atoms with Gasteiger partial charge in [0.1, 0.15) is 11.5 Å². The van der Waals surface area contributed by atoms with Crippen molar-refractivity contribution in [2.45, 2.75) is 42.1 Å². The maximum Gasteiger partial charge on any atom is 0.417 e. The van der Waals surface area contributed by atoms with E-state index in [9.17, 15) is 26.7 Å². The number of rotatable bonds is 4. The minimum absolute atomic E-state index is 0.0965. The van der Waals surface area contributed by atoms with E-state index in [0.29, 0.717) is 29.3 Å². The Morgan fingerprint density at radius 3 is 2.57 bits per heavy atom. The Hall–Kier alpha value is -2.21. The van der Waals surface area contributed by atoms with E-state index in [2.05, 4.69) is 14.7 Å². The van der Waals surface area contributed by atoms with Crippen LogP contribution in [0.15, 0.2) is 40.2 Å². The molecule has 1 aromatic carbocycles. The van der Waals surface area contributed by atoms with Crippen LogP contribution in [0.4, 0.5) is 13.2 Å². The monoisotopic (exact) mass is 460 g/mol. The molecule has 0 atom stereocenters. The minimum Gasteiger partial charge on any atom is -0.382 e. The van der Waals surface area contributed by atoms with Crippen molar-refractivity contribution in [3.05, 3.63) is 46.6 Å². The van der Waals surface area contributed by atoms with E-state index < -0.39 is 40.7 Å². The highest BCUT2D eigenvalue weighted by atomic mass is 35.5. The molecule has 2 heterocycles. The summed E-state index contributed by atoms with van der Waals surface area (Å²) in [4.78, 5) is 8.32. The number of hydrogen-bond donors (Lipinski definition) is 3. The number of hydrogen-bond acceptors (Lipinski definition) is 6. The zero-order valence-electron chi connectivity index (χ0n) is 15.2. The number of aliphatic hydroxyl groups is 1. The van der Waals surface area contributed by atoms with Crippen molar-refractivity contribution in [2.24, 2.45) is 10.7 Å². The molecule has 0 amide bonds. The van der Waals surface area contributed by atoms with Gasteiger partial charge in [0, 0.05) is 30.0 Å². The fourth-order valence-corrected chi connectivity index (χ4v) is 5.06. The molecule has 160 valence electrons. The maximum atomic E-state index is 12.7. The molecule has 2 aromatic rings. The van der Waals surface area contributed by atoms with Gasteiger partial charge in [0.25, 0.3) is 0 Å². The lowest BCUT2D eigenvalue weighted by Crippen LogP contribution is -2.62. The van der Waals surface area contributed by atoms with Crippen LogP contribution in [0.25, 0.3) is 11.3 Å². The summed E-state index contributed by atoms with van der Waals surface area (Å²) in [6, 6.07) is 6.43. The molecule has 4 N–H and O–H groups in total. The first-order valence-corrected chi connectivity index (χ1v) is 10.7. The summed E-state index contributed by atoms with van der Waals surface area (Å²) in [6.07, 6.45) is -6.30. The number of alkyl halides is 3. The van der Waals surface area contributed by atoms with Gasteiger partial charge in [0.2, 0.25) is 10.0 Å². The Labute approximate surface area is 174 Å². The predicted octanol–water partition coefficient (Wildman–Crippen LogP) is 2.35. The molecule has 0 spiro atoms. The molecule has 2 aliphatic rings. The smallest absolute Gasteiger partial charge is 0.382 e. The lowest BCUT2D eigenvalue weighted by molar-refractivity contribution is -0.290. The fraction of sp³-hybridized carbons (Fsp3) is 0.333. The zero-order chi connectivity index (χ0) is 21.9. The molecule has 4 rings (SSSR count). The van der Waals surface area contributed by atoms with E-state index in [1.165, 1.54) is 18.2 Å². The molecule has 1 aliphatic carbocycles. The highest BCUT2D eigenvalue weighted by Gasteiger charge is 2.61.